The third-order valence-corrected chi connectivity index (χ3v) is 2.29. The summed E-state index contributed by atoms with van der Waals surface area (Å²) in [4.78, 5) is 0. The number of hydrogen-bond acceptors (Lipinski definition) is 2. The number of nitrogens with two attached hydrogens (primary N) is 1. The Kier molecular flexibility index (Phi) is 4.80. The summed E-state index contributed by atoms with van der Waals surface area (Å²) >= 11 is 0. The fourth-order valence-electron chi connectivity index (χ4n) is 1.52. The van der Waals surface area contributed by atoms with Gasteiger partial charge in [-0.1, -0.05) is 13.8 Å². The molecule has 0 saturated carbocycles. The molecule has 2 nitrogen and oxygen atoms in total. The Morgan fingerprint density at radius 3 is 2.08 bits per heavy atom. The zero-order valence-corrected chi connectivity index (χ0v) is 8.80. The summed E-state index contributed by atoms with van der Waals surface area (Å²) < 4.78 is 0. The van der Waals surface area contributed by atoms with Crippen molar-refractivity contribution in [1.82, 2.24) is 0 Å². The molecule has 0 fully saturated rings. The molecule has 0 amide bonds. The Bertz CT molecular complexity index is 115. The minimum atomic E-state index is -0.160. The first-order valence-electron chi connectivity index (χ1n) is 4.77. The van der Waals surface area contributed by atoms with Crippen molar-refractivity contribution in [3.63, 3.8) is 0 Å². The molecule has 0 radical (unpaired) electrons. The van der Waals surface area contributed by atoms with E-state index in [4.69, 9.17) is 10.8 Å². The van der Waals surface area contributed by atoms with Gasteiger partial charge in [-0.05, 0) is 38.5 Å². The van der Waals surface area contributed by atoms with Gasteiger partial charge in [0.25, 0.3) is 0 Å². The van der Waals surface area contributed by atoms with E-state index in [1.807, 2.05) is 13.8 Å². The zero-order chi connectivity index (χ0) is 9.78. The van der Waals surface area contributed by atoms with Crippen molar-refractivity contribution in [2.45, 2.75) is 46.1 Å². The van der Waals surface area contributed by atoms with Gasteiger partial charge in [-0.3, -0.25) is 0 Å². The summed E-state index contributed by atoms with van der Waals surface area (Å²) in [7, 11) is 0. The lowest BCUT2D eigenvalue weighted by Crippen LogP contribution is -2.41. The normalized spacial score (nSPS) is 15.2. The van der Waals surface area contributed by atoms with E-state index in [1.165, 1.54) is 0 Å². The van der Waals surface area contributed by atoms with Gasteiger partial charge >= 0.3 is 0 Å². The molecule has 12 heavy (non-hydrogen) atoms. The zero-order valence-electron chi connectivity index (χ0n) is 8.80. The van der Waals surface area contributed by atoms with Gasteiger partial charge in [0, 0.05) is 12.1 Å². The smallest absolute Gasteiger partial charge is 0.0434 e. The third-order valence-electron chi connectivity index (χ3n) is 2.29. The quantitative estimate of drug-likeness (QED) is 0.665. The molecule has 0 aliphatic rings. The summed E-state index contributed by atoms with van der Waals surface area (Å²) in [6, 6.07) is 0. The molecule has 0 aromatic heterocycles. The van der Waals surface area contributed by atoms with Crippen LogP contribution in [0.4, 0.5) is 0 Å². The Labute approximate surface area is 76.2 Å². The van der Waals surface area contributed by atoms with Crippen molar-refractivity contribution >= 4 is 0 Å². The number of hydrogen-bond donors (Lipinski definition) is 2. The third kappa shape index (κ3) is 4.73. The van der Waals surface area contributed by atoms with Gasteiger partial charge in [0.2, 0.25) is 0 Å². The molecule has 2 heteroatoms. The van der Waals surface area contributed by atoms with Gasteiger partial charge in [-0.15, -0.1) is 0 Å². The molecule has 0 aliphatic heterocycles. The van der Waals surface area contributed by atoms with E-state index in [2.05, 4.69) is 13.8 Å². The van der Waals surface area contributed by atoms with Crippen molar-refractivity contribution in [2.24, 2.45) is 17.6 Å². The van der Waals surface area contributed by atoms with Crippen LogP contribution in [0, 0.1) is 11.8 Å². The summed E-state index contributed by atoms with van der Waals surface area (Å²) in [6.45, 7) is 8.70. The van der Waals surface area contributed by atoms with Crippen LogP contribution in [0.2, 0.25) is 0 Å². The fraction of sp³-hybridized carbons (Fsp3) is 1.00. The summed E-state index contributed by atoms with van der Waals surface area (Å²) in [5.41, 5.74) is 5.84. The van der Waals surface area contributed by atoms with Crippen LogP contribution in [-0.4, -0.2) is 17.3 Å². The van der Waals surface area contributed by atoms with Gasteiger partial charge in [-0.25, -0.2) is 0 Å². The molecule has 0 aliphatic carbocycles. The van der Waals surface area contributed by atoms with Crippen LogP contribution < -0.4 is 5.73 Å². The van der Waals surface area contributed by atoms with Crippen molar-refractivity contribution in [3.05, 3.63) is 0 Å². The molecular formula is C10H23NO. The summed E-state index contributed by atoms with van der Waals surface area (Å²) in [5.74, 6) is 1.09. The van der Waals surface area contributed by atoms with Crippen LogP contribution in [-0.2, 0) is 0 Å². The second-order valence-corrected chi connectivity index (χ2v) is 4.66. The van der Waals surface area contributed by atoms with Crippen molar-refractivity contribution in [3.8, 4) is 0 Å². The second kappa shape index (κ2) is 4.83. The van der Waals surface area contributed by atoms with Crippen LogP contribution in [0.15, 0.2) is 0 Å². The van der Waals surface area contributed by atoms with Crippen LogP contribution in [0.25, 0.3) is 0 Å². The van der Waals surface area contributed by atoms with Gasteiger partial charge in [0.15, 0.2) is 0 Å². The van der Waals surface area contributed by atoms with E-state index in [0.29, 0.717) is 11.8 Å². The van der Waals surface area contributed by atoms with Crippen molar-refractivity contribution in [2.75, 3.05) is 6.61 Å². The molecule has 0 rings (SSSR count). The SMILES string of the molecule is CC(C)CC(CCO)C(C)(C)N. The predicted molar refractivity (Wildman–Crippen MR) is 52.9 cm³/mol. The highest BCUT2D eigenvalue weighted by Gasteiger charge is 2.24. The highest BCUT2D eigenvalue weighted by atomic mass is 16.3. The highest BCUT2D eigenvalue weighted by Crippen LogP contribution is 2.24. The summed E-state index contributed by atoms with van der Waals surface area (Å²) in [5, 5.41) is 8.86. The van der Waals surface area contributed by atoms with Crippen LogP contribution >= 0.6 is 0 Å². The molecule has 3 N–H and O–H groups in total. The van der Waals surface area contributed by atoms with Crippen molar-refractivity contribution in [1.29, 1.82) is 0 Å². The van der Waals surface area contributed by atoms with Crippen LogP contribution in [0.5, 0.6) is 0 Å². The first kappa shape index (κ1) is 11.9. The Balaban J connectivity index is 4.04. The Hall–Kier alpha value is -0.0800. The van der Waals surface area contributed by atoms with Crippen LogP contribution in [0.3, 0.4) is 0 Å². The van der Waals surface area contributed by atoms with Gasteiger partial charge in [-0.2, -0.15) is 0 Å². The van der Waals surface area contributed by atoms with E-state index < -0.39 is 0 Å². The maximum Gasteiger partial charge on any atom is 0.0434 e. The van der Waals surface area contributed by atoms with Gasteiger partial charge < -0.3 is 10.8 Å². The average molecular weight is 173 g/mol. The lowest BCUT2D eigenvalue weighted by Gasteiger charge is -2.31. The van der Waals surface area contributed by atoms with Gasteiger partial charge in [0.1, 0.15) is 0 Å². The topological polar surface area (TPSA) is 46.2 Å². The monoisotopic (exact) mass is 173 g/mol. The maximum absolute atomic E-state index is 8.86. The molecule has 0 spiro atoms. The highest BCUT2D eigenvalue weighted by molar-refractivity contribution is 4.82. The molecule has 0 bridgehead atoms. The summed E-state index contributed by atoms with van der Waals surface area (Å²) in [6.07, 6.45) is 1.92. The van der Waals surface area contributed by atoms with E-state index in [-0.39, 0.29) is 12.1 Å². The standard InChI is InChI=1S/C10H23NO/c1-8(2)7-9(5-6-12)10(3,4)11/h8-9,12H,5-7,11H2,1-4H3. The number of aliphatic hydroxyl groups excluding tert-OH is 1. The maximum atomic E-state index is 8.86. The first-order chi connectivity index (χ1) is 5.38. The molecule has 0 heterocycles. The second-order valence-electron chi connectivity index (χ2n) is 4.66. The molecule has 0 saturated heterocycles. The Morgan fingerprint density at radius 2 is 1.83 bits per heavy atom. The van der Waals surface area contributed by atoms with E-state index in [0.717, 1.165) is 12.8 Å². The van der Waals surface area contributed by atoms with E-state index >= 15 is 0 Å². The minimum absolute atomic E-state index is 0.160. The lowest BCUT2D eigenvalue weighted by molar-refractivity contribution is 0.192. The molecular weight excluding hydrogens is 150 g/mol. The predicted octanol–water partition coefficient (Wildman–Crippen LogP) is 1.77. The average Bonchev–Trinajstić information content (AvgIpc) is 1.83. The molecule has 1 unspecified atom stereocenters. The van der Waals surface area contributed by atoms with Gasteiger partial charge in [0.05, 0.1) is 0 Å². The molecule has 0 aromatic rings. The van der Waals surface area contributed by atoms with E-state index in [9.17, 15) is 0 Å². The number of aliphatic hydroxyl groups is 1. The Morgan fingerprint density at radius 1 is 1.33 bits per heavy atom. The first-order valence-corrected chi connectivity index (χ1v) is 4.77. The molecule has 74 valence electrons. The lowest BCUT2D eigenvalue weighted by atomic mass is 9.80. The van der Waals surface area contributed by atoms with E-state index in [1.54, 1.807) is 0 Å². The minimum Gasteiger partial charge on any atom is -0.396 e. The van der Waals surface area contributed by atoms with Crippen LogP contribution in [0.1, 0.15) is 40.5 Å². The largest absolute Gasteiger partial charge is 0.396 e. The molecule has 0 aromatic carbocycles. The number of rotatable bonds is 5. The molecule has 1 atom stereocenters. The van der Waals surface area contributed by atoms with Crippen molar-refractivity contribution < 1.29 is 5.11 Å². The fourth-order valence-corrected chi connectivity index (χ4v) is 1.52.